The Morgan fingerprint density at radius 3 is 2.92 bits per heavy atom. The van der Waals surface area contributed by atoms with Crippen molar-refractivity contribution in [3.63, 3.8) is 0 Å². The van der Waals surface area contributed by atoms with Gasteiger partial charge in [0.05, 0.1) is 10.5 Å². The Bertz CT molecular complexity index is 981. The lowest BCUT2D eigenvalue weighted by atomic mass is 10.2. The van der Waals surface area contributed by atoms with Gasteiger partial charge in [0, 0.05) is 19.3 Å². The highest BCUT2D eigenvalue weighted by Crippen LogP contribution is 2.33. The van der Waals surface area contributed by atoms with Crippen LogP contribution in [0.2, 0.25) is 0 Å². The summed E-state index contributed by atoms with van der Waals surface area (Å²) in [5.41, 5.74) is 0.607. The molecule has 3 heterocycles. The highest BCUT2D eigenvalue weighted by atomic mass is 32.2. The molecule has 0 unspecified atom stereocenters. The Balaban J connectivity index is 2.13. The third-order valence-corrected chi connectivity index (χ3v) is 5.16. The van der Waals surface area contributed by atoms with Gasteiger partial charge in [-0.25, -0.2) is 4.98 Å². The molecule has 1 amide bonds. The fraction of sp³-hybridized carbons (Fsp3) is 0.222. The van der Waals surface area contributed by atoms with E-state index >= 15 is 0 Å². The van der Waals surface area contributed by atoms with Crippen LogP contribution < -0.4 is 10.9 Å². The number of carbonyl (C=O) groups excluding carboxylic acids is 1. The number of nitrogens with one attached hydrogen (secondary N) is 1. The van der Waals surface area contributed by atoms with Crippen molar-refractivity contribution < 1.29 is 4.79 Å². The maximum absolute atomic E-state index is 12.9. The molecular formula is C18H18N4O2S2. The molecule has 8 heteroatoms. The molecule has 6 nitrogen and oxygen atoms in total. The van der Waals surface area contributed by atoms with Crippen molar-refractivity contribution in [2.45, 2.75) is 13.3 Å². The van der Waals surface area contributed by atoms with E-state index in [1.54, 1.807) is 35.4 Å². The zero-order valence-corrected chi connectivity index (χ0v) is 15.9. The number of hydrogen-bond acceptors (Lipinski definition) is 6. The Morgan fingerprint density at radius 2 is 2.19 bits per heavy atom. The molecule has 1 fully saturated rings. The molecule has 2 aromatic rings. The first-order valence-corrected chi connectivity index (χ1v) is 9.40. The van der Waals surface area contributed by atoms with Gasteiger partial charge in [0.2, 0.25) is 0 Å². The lowest BCUT2D eigenvalue weighted by molar-refractivity contribution is -0.122. The predicted molar refractivity (Wildman–Crippen MR) is 110 cm³/mol. The van der Waals surface area contributed by atoms with E-state index in [1.807, 2.05) is 13.0 Å². The lowest BCUT2D eigenvalue weighted by Crippen LogP contribution is -2.28. The summed E-state index contributed by atoms with van der Waals surface area (Å²) in [6, 6.07) is 5.33. The Kier molecular flexibility index (Phi) is 5.53. The molecule has 1 aliphatic heterocycles. The largest absolute Gasteiger partial charge is 0.366 e. The molecule has 134 valence electrons. The Morgan fingerprint density at radius 1 is 1.38 bits per heavy atom. The van der Waals surface area contributed by atoms with Crippen LogP contribution in [0.15, 0.2) is 46.8 Å². The minimum atomic E-state index is -0.247. The van der Waals surface area contributed by atoms with Crippen molar-refractivity contribution in [1.82, 2.24) is 14.3 Å². The molecule has 1 saturated heterocycles. The molecular weight excluding hydrogens is 368 g/mol. The molecule has 1 aliphatic rings. The van der Waals surface area contributed by atoms with E-state index in [-0.39, 0.29) is 11.5 Å². The van der Waals surface area contributed by atoms with Crippen LogP contribution in [-0.4, -0.2) is 37.6 Å². The zero-order chi connectivity index (χ0) is 18.7. The molecule has 3 rings (SSSR count). The average molecular weight is 387 g/mol. The zero-order valence-electron chi connectivity index (χ0n) is 14.3. The van der Waals surface area contributed by atoms with E-state index in [4.69, 9.17) is 12.2 Å². The van der Waals surface area contributed by atoms with E-state index in [1.165, 1.54) is 16.2 Å². The maximum Gasteiger partial charge on any atom is 0.267 e. The second-order valence-electron chi connectivity index (χ2n) is 5.61. The van der Waals surface area contributed by atoms with E-state index < -0.39 is 0 Å². The third-order valence-electron chi connectivity index (χ3n) is 3.78. The van der Waals surface area contributed by atoms with E-state index in [2.05, 4.69) is 16.9 Å². The molecule has 1 N–H and O–H groups in total. The van der Waals surface area contributed by atoms with Gasteiger partial charge in [-0.15, -0.1) is 6.58 Å². The number of amides is 1. The topological polar surface area (TPSA) is 66.7 Å². The van der Waals surface area contributed by atoms with Gasteiger partial charge in [-0.05, 0) is 24.6 Å². The number of carbonyl (C=O) groups is 1. The number of anilines is 1. The average Bonchev–Trinajstić information content (AvgIpc) is 2.90. The van der Waals surface area contributed by atoms with E-state index in [0.29, 0.717) is 39.3 Å². The van der Waals surface area contributed by atoms with Gasteiger partial charge in [0.15, 0.2) is 0 Å². The van der Waals surface area contributed by atoms with Gasteiger partial charge in [-0.3, -0.25) is 18.9 Å². The summed E-state index contributed by atoms with van der Waals surface area (Å²) < 4.78 is 1.97. The van der Waals surface area contributed by atoms with Crippen molar-refractivity contribution in [3.05, 3.63) is 57.9 Å². The summed E-state index contributed by atoms with van der Waals surface area (Å²) in [7, 11) is 0. The number of thioether (sulfide) groups is 1. The number of pyridine rings is 1. The lowest BCUT2D eigenvalue weighted by Gasteiger charge is -2.12. The van der Waals surface area contributed by atoms with Crippen LogP contribution in [0.3, 0.4) is 0 Å². The second-order valence-corrected chi connectivity index (χ2v) is 7.29. The third kappa shape index (κ3) is 3.42. The molecule has 0 aromatic carbocycles. The van der Waals surface area contributed by atoms with Gasteiger partial charge in [-0.1, -0.05) is 43.0 Å². The van der Waals surface area contributed by atoms with Gasteiger partial charge in [0.1, 0.15) is 15.8 Å². The van der Waals surface area contributed by atoms with Crippen molar-refractivity contribution >= 4 is 51.7 Å². The minimum Gasteiger partial charge on any atom is -0.366 e. The van der Waals surface area contributed by atoms with Crippen LogP contribution in [0.25, 0.3) is 11.7 Å². The number of rotatable bonds is 6. The normalized spacial score (nSPS) is 15.9. The SMILES string of the molecule is C=CCNc1nc2ccccn2c(=O)c1C=C1SC(=S)N(CCC)C1=O. The summed E-state index contributed by atoms with van der Waals surface area (Å²) in [5.74, 6) is 0.246. The monoisotopic (exact) mass is 386 g/mol. The van der Waals surface area contributed by atoms with Gasteiger partial charge in [0.25, 0.3) is 11.5 Å². The first-order chi connectivity index (χ1) is 12.6. The highest BCUT2D eigenvalue weighted by molar-refractivity contribution is 8.26. The smallest absolute Gasteiger partial charge is 0.267 e. The maximum atomic E-state index is 12.9. The molecule has 0 radical (unpaired) electrons. The second kappa shape index (κ2) is 7.84. The fourth-order valence-corrected chi connectivity index (χ4v) is 3.87. The van der Waals surface area contributed by atoms with Crippen molar-refractivity contribution in [2.24, 2.45) is 0 Å². The van der Waals surface area contributed by atoms with Gasteiger partial charge >= 0.3 is 0 Å². The quantitative estimate of drug-likeness (QED) is 0.468. The molecule has 0 bridgehead atoms. The van der Waals surface area contributed by atoms with Crippen molar-refractivity contribution in [2.75, 3.05) is 18.4 Å². The summed E-state index contributed by atoms with van der Waals surface area (Å²) >= 11 is 6.50. The molecule has 0 saturated carbocycles. The van der Waals surface area contributed by atoms with Crippen LogP contribution in [0.4, 0.5) is 5.82 Å². The van der Waals surface area contributed by atoms with Gasteiger partial charge in [-0.2, -0.15) is 0 Å². The van der Waals surface area contributed by atoms with Crippen LogP contribution in [0.1, 0.15) is 18.9 Å². The van der Waals surface area contributed by atoms with Crippen molar-refractivity contribution in [1.29, 1.82) is 0 Å². The first-order valence-electron chi connectivity index (χ1n) is 8.18. The standard InChI is InChI=1S/C18H18N4O2S2/c1-3-8-19-15-12(16(23)21-10-6-5-7-14(21)20-15)11-13-17(24)22(9-4-2)18(25)26-13/h3,5-7,10-11,19H,1,4,8-9H2,2H3. The Labute approximate surface area is 160 Å². The fourth-order valence-electron chi connectivity index (χ4n) is 2.58. The van der Waals surface area contributed by atoms with Crippen LogP contribution in [-0.2, 0) is 4.79 Å². The molecule has 0 aliphatic carbocycles. The summed E-state index contributed by atoms with van der Waals surface area (Å²) in [6.07, 6.45) is 5.72. The molecule has 0 atom stereocenters. The van der Waals surface area contributed by atoms with Crippen LogP contribution >= 0.6 is 24.0 Å². The van der Waals surface area contributed by atoms with Gasteiger partial charge < -0.3 is 5.32 Å². The van der Waals surface area contributed by atoms with Crippen LogP contribution in [0, 0.1) is 0 Å². The minimum absolute atomic E-state index is 0.172. The predicted octanol–water partition coefficient (Wildman–Crippen LogP) is 2.90. The number of thiocarbonyl (C=S) groups is 1. The summed E-state index contributed by atoms with van der Waals surface area (Å²) in [4.78, 5) is 32.0. The Hall–Kier alpha value is -2.45. The number of nitrogens with zero attached hydrogens (tertiary/aromatic N) is 3. The van der Waals surface area contributed by atoms with E-state index in [9.17, 15) is 9.59 Å². The number of aromatic nitrogens is 2. The van der Waals surface area contributed by atoms with Crippen molar-refractivity contribution in [3.8, 4) is 0 Å². The first kappa shape index (κ1) is 18.3. The molecule has 0 spiro atoms. The molecule has 26 heavy (non-hydrogen) atoms. The number of hydrogen-bond donors (Lipinski definition) is 1. The number of fused-ring (bicyclic) bond motifs is 1. The summed E-state index contributed by atoms with van der Waals surface area (Å²) in [6.45, 7) is 6.68. The highest BCUT2D eigenvalue weighted by Gasteiger charge is 2.31. The van der Waals surface area contributed by atoms with E-state index in [0.717, 1.165) is 6.42 Å². The molecule has 2 aromatic heterocycles. The van der Waals surface area contributed by atoms with Crippen LogP contribution in [0.5, 0.6) is 0 Å². The summed E-state index contributed by atoms with van der Waals surface area (Å²) in [5, 5.41) is 3.08.